The lowest BCUT2D eigenvalue weighted by atomic mass is 10.1. The fourth-order valence-electron chi connectivity index (χ4n) is 3.24. The summed E-state index contributed by atoms with van der Waals surface area (Å²) < 4.78 is 1.86. The third-order valence-corrected chi connectivity index (χ3v) is 6.69. The maximum Gasteiger partial charge on any atom is 0.271 e. The summed E-state index contributed by atoms with van der Waals surface area (Å²) in [6.45, 7) is 0.389. The lowest BCUT2D eigenvalue weighted by Gasteiger charge is -2.06. The number of benzene rings is 1. The molecule has 0 fully saturated rings. The molecule has 0 spiro atoms. The second-order valence-corrected chi connectivity index (χ2v) is 8.76. The molecule has 4 aromatic heterocycles. The molecule has 0 saturated carbocycles. The SMILES string of the molecule is O=C(Cn1cnc2c(sc3nc(-c4ccccc4)ccc32)c1=O)NCc1cccs1. The number of rotatable bonds is 5. The van der Waals surface area contributed by atoms with Gasteiger partial charge in [0.25, 0.3) is 5.56 Å². The van der Waals surface area contributed by atoms with Crippen LogP contribution >= 0.6 is 22.7 Å². The summed E-state index contributed by atoms with van der Waals surface area (Å²) in [5.74, 6) is -0.225. The van der Waals surface area contributed by atoms with Crippen molar-refractivity contribution in [2.24, 2.45) is 0 Å². The van der Waals surface area contributed by atoms with Crippen molar-refractivity contribution in [2.45, 2.75) is 13.1 Å². The Morgan fingerprint density at radius 2 is 1.93 bits per heavy atom. The van der Waals surface area contributed by atoms with Crippen LogP contribution in [0.1, 0.15) is 4.88 Å². The minimum Gasteiger partial charge on any atom is -0.350 e. The highest BCUT2D eigenvalue weighted by molar-refractivity contribution is 7.25. The van der Waals surface area contributed by atoms with Crippen molar-refractivity contribution in [3.63, 3.8) is 0 Å². The largest absolute Gasteiger partial charge is 0.350 e. The van der Waals surface area contributed by atoms with E-state index in [1.165, 1.54) is 22.2 Å². The Kier molecular flexibility index (Phi) is 4.86. The van der Waals surface area contributed by atoms with E-state index in [1.807, 2.05) is 60.0 Å². The number of nitrogens with zero attached hydrogens (tertiary/aromatic N) is 3. The summed E-state index contributed by atoms with van der Waals surface area (Å²) in [4.78, 5) is 36.2. The zero-order valence-electron chi connectivity index (χ0n) is 15.7. The summed E-state index contributed by atoms with van der Waals surface area (Å²) in [6, 6.07) is 17.7. The molecule has 5 rings (SSSR count). The molecule has 0 radical (unpaired) electrons. The van der Waals surface area contributed by atoms with Crippen LogP contribution in [0.2, 0.25) is 0 Å². The highest BCUT2D eigenvalue weighted by Gasteiger charge is 2.15. The Morgan fingerprint density at radius 3 is 2.73 bits per heavy atom. The summed E-state index contributed by atoms with van der Waals surface area (Å²) in [5, 5.41) is 5.65. The Hall–Kier alpha value is -3.36. The Labute approximate surface area is 179 Å². The molecular weight excluding hydrogens is 416 g/mol. The van der Waals surface area contributed by atoms with Crippen molar-refractivity contribution in [1.29, 1.82) is 0 Å². The van der Waals surface area contributed by atoms with Crippen molar-refractivity contribution in [2.75, 3.05) is 0 Å². The molecule has 5 aromatic rings. The third-order valence-electron chi connectivity index (χ3n) is 4.73. The van der Waals surface area contributed by atoms with E-state index in [2.05, 4.69) is 10.3 Å². The second kappa shape index (κ2) is 7.81. The molecule has 1 aromatic carbocycles. The van der Waals surface area contributed by atoms with Gasteiger partial charge in [-0.25, -0.2) is 9.97 Å². The normalized spacial score (nSPS) is 11.2. The first-order valence-corrected chi connectivity index (χ1v) is 11.0. The fourth-order valence-corrected chi connectivity index (χ4v) is 4.96. The van der Waals surface area contributed by atoms with Crippen molar-refractivity contribution >= 4 is 49.0 Å². The molecule has 1 amide bonds. The maximum atomic E-state index is 12.9. The quantitative estimate of drug-likeness (QED) is 0.455. The van der Waals surface area contributed by atoms with Crippen molar-refractivity contribution in [3.05, 3.63) is 81.5 Å². The van der Waals surface area contributed by atoms with E-state index >= 15 is 0 Å². The van der Waals surface area contributed by atoms with Crippen LogP contribution in [0.15, 0.2) is 71.1 Å². The average molecular weight is 433 g/mol. The minimum absolute atomic E-state index is 0.0654. The molecule has 0 aliphatic rings. The van der Waals surface area contributed by atoms with Gasteiger partial charge in [-0.1, -0.05) is 36.4 Å². The summed E-state index contributed by atoms with van der Waals surface area (Å²) in [6.07, 6.45) is 1.44. The molecule has 0 saturated heterocycles. The number of nitrogens with one attached hydrogen (secondary N) is 1. The van der Waals surface area contributed by atoms with Gasteiger partial charge in [-0.2, -0.15) is 0 Å². The van der Waals surface area contributed by atoms with Crippen LogP contribution < -0.4 is 10.9 Å². The van der Waals surface area contributed by atoms with Crippen LogP contribution in [0.25, 0.3) is 31.7 Å². The fraction of sp³-hybridized carbons (Fsp3) is 0.0909. The zero-order chi connectivity index (χ0) is 20.5. The number of hydrogen-bond acceptors (Lipinski definition) is 6. The maximum absolute atomic E-state index is 12.9. The van der Waals surface area contributed by atoms with E-state index in [1.54, 1.807) is 11.3 Å². The number of pyridine rings is 1. The molecule has 6 nitrogen and oxygen atoms in total. The standard InChI is InChI=1S/C22H16N4O2S2/c27-18(23-11-15-7-4-10-29-15)12-26-13-24-19-16-8-9-17(14-5-2-1-3-6-14)25-21(16)30-20(19)22(26)28/h1-10,13H,11-12H2,(H,23,27). The predicted molar refractivity (Wildman–Crippen MR) is 121 cm³/mol. The van der Waals surface area contributed by atoms with Gasteiger partial charge in [0.2, 0.25) is 5.91 Å². The van der Waals surface area contributed by atoms with Gasteiger partial charge in [-0.3, -0.25) is 14.2 Å². The molecular formula is C22H16N4O2S2. The Morgan fingerprint density at radius 1 is 1.07 bits per heavy atom. The number of carbonyl (C=O) groups is 1. The molecule has 0 aliphatic heterocycles. The van der Waals surface area contributed by atoms with Gasteiger partial charge in [0.05, 0.1) is 24.1 Å². The van der Waals surface area contributed by atoms with Gasteiger partial charge in [-0.15, -0.1) is 22.7 Å². The molecule has 148 valence electrons. The third kappa shape index (κ3) is 3.51. The van der Waals surface area contributed by atoms with Crippen molar-refractivity contribution in [1.82, 2.24) is 19.9 Å². The number of fused-ring (bicyclic) bond motifs is 3. The first-order chi connectivity index (χ1) is 14.7. The van der Waals surface area contributed by atoms with Gasteiger partial charge in [-0.05, 0) is 23.6 Å². The number of aromatic nitrogens is 3. The topological polar surface area (TPSA) is 76.9 Å². The average Bonchev–Trinajstić information content (AvgIpc) is 3.42. The molecule has 4 heterocycles. The van der Waals surface area contributed by atoms with Crippen LogP contribution in [0, 0.1) is 0 Å². The van der Waals surface area contributed by atoms with Gasteiger partial charge >= 0.3 is 0 Å². The summed E-state index contributed by atoms with van der Waals surface area (Å²) >= 11 is 2.89. The van der Waals surface area contributed by atoms with Gasteiger partial charge in [0.15, 0.2) is 0 Å². The highest BCUT2D eigenvalue weighted by atomic mass is 32.1. The van der Waals surface area contributed by atoms with E-state index in [-0.39, 0.29) is 18.0 Å². The molecule has 1 N–H and O–H groups in total. The van der Waals surface area contributed by atoms with E-state index < -0.39 is 0 Å². The van der Waals surface area contributed by atoms with E-state index in [0.717, 1.165) is 26.4 Å². The monoisotopic (exact) mass is 432 g/mol. The Bertz CT molecular complexity index is 1410. The number of carbonyl (C=O) groups excluding carboxylic acids is 1. The molecule has 30 heavy (non-hydrogen) atoms. The van der Waals surface area contributed by atoms with Crippen molar-refractivity contribution in [3.8, 4) is 11.3 Å². The highest BCUT2D eigenvalue weighted by Crippen LogP contribution is 2.31. The van der Waals surface area contributed by atoms with Crippen LogP contribution in [0.3, 0.4) is 0 Å². The van der Waals surface area contributed by atoms with Gasteiger partial charge in [0.1, 0.15) is 16.1 Å². The van der Waals surface area contributed by atoms with Gasteiger partial charge < -0.3 is 5.32 Å². The second-order valence-electron chi connectivity index (χ2n) is 6.73. The smallest absolute Gasteiger partial charge is 0.271 e. The zero-order valence-corrected chi connectivity index (χ0v) is 17.4. The first kappa shape index (κ1) is 18.7. The van der Waals surface area contributed by atoms with E-state index in [9.17, 15) is 9.59 Å². The first-order valence-electron chi connectivity index (χ1n) is 9.32. The molecule has 8 heteroatoms. The van der Waals surface area contributed by atoms with Crippen molar-refractivity contribution < 1.29 is 4.79 Å². The summed E-state index contributed by atoms with van der Waals surface area (Å²) in [7, 11) is 0. The van der Waals surface area contributed by atoms with E-state index in [0.29, 0.717) is 16.8 Å². The molecule has 0 atom stereocenters. The lowest BCUT2D eigenvalue weighted by Crippen LogP contribution is -2.31. The summed E-state index contributed by atoms with van der Waals surface area (Å²) in [5.41, 5.74) is 2.27. The minimum atomic E-state index is -0.226. The van der Waals surface area contributed by atoms with Crippen LogP contribution in [-0.4, -0.2) is 20.4 Å². The van der Waals surface area contributed by atoms with Crippen LogP contribution in [0.5, 0.6) is 0 Å². The van der Waals surface area contributed by atoms with Crippen LogP contribution in [-0.2, 0) is 17.9 Å². The predicted octanol–water partition coefficient (Wildman–Crippen LogP) is 4.05. The van der Waals surface area contributed by atoms with E-state index in [4.69, 9.17) is 4.98 Å². The molecule has 0 aliphatic carbocycles. The molecule has 0 unspecified atom stereocenters. The molecule has 0 bridgehead atoms. The number of thiophene rings is 2. The van der Waals surface area contributed by atoms with Crippen LogP contribution in [0.4, 0.5) is 0 Å². The lowest BCUT2D eigenvalue weighted by molar-refractivity contribution is -0.121. The van der Waals surface area contributed by atoms with Gasteiger partial charge in [0, 0.05) is 15.8 Å². The number of amides is 1. The Balaban J connectivity index is 1.45. The number of hydrogen-bond donors (Lipinski definition) is 1.